The van der Waals surface area contributed by atoms with Crippen molar-refractivity contribution in [3.05, 3.63) is 71.3 Å². The predicted octanol–water partition coefficient (Wildman–Crippen LogP) is 3.28. The topological polar surface area (TPSA) is 59.1 Å². The first kappa shape index (κ1) is 22.0. The van der Waals surface area contributed by atoms with Crippen LogP contribution in [0, 0.1) is 0 Å². The van der Waals surface area contributed by atoms with E-state index >= 15 is 0 Å². The van der Waals surface area contributed by atoms with Crippen molar-refractivity contribution >= 4 is 11.9 Å². The van der Waals surface area contributed by atoms with Gasteiger partial charge in [0.25, 0.3) is 5.91 Å². The van der Waals surface area contributed by atoms with Crippen molar-refractivity contribution in [3.63, 3.8) is 0 Å². The Labute approximate surface area is 178 Å². The van der Waals surface area contributed by atoms with Gasteiger partial charge in [-0.3, -0.25) is 9.69 Å². The summed E-state index contributed by atoms with van der Waals surface area (Å²) in [5.41, 5.74) is 2.90. The van der Waals surface area contributed by atoms with Crippen molar-refractivity contribution in [2.24, 2.45) is 0 Å². The first-order valence-electron chi connectivity index (χ1n) is 10.2. The monoisotopic (exact) mass is 410 g/mol. The van der Waals surface area contributed by atoms with Crippen LogP contribution in [-0.2, 0) is 20.7 Å². The van der Waals surface area contributed by atoms with Crippen LogP contribution in [0.5, 0.6) is 0 Å². The van der Waals surface area contributed by atoms with Gasteiger partial charge in [-0.2, -0.15) is 0 Å². The molecule has 1 aliphatic heterocycles. The Morgan fingerprint density at radius 1 is 1.13 bits per heavy atom. The molecular formula is C24H30N2O4. The molecule has 2 aromatic carbocycles. The summed E-state index contributed by atoms with van der Waals surface area (Å²) < 4.78 is 11.0. The summed E-state index contributed by atoms with van der Waals surface area (Å²) in [6.07, 6.45) is 0.849. The van der Waals surface area contributed by atoms with Crippen LogP contribution in [0.2, 0.25) is 0 Å². The third-order valence-electron chi connectivity index (χ3n) is 5.57. The summed E-state index contributed by atoms with van der Waals surface area (Å²) in [6, 6.07) is 17.8. The SMILES string of the molecule is COC(=O)[C@H]1OC(c2ccccc2)CN1[C@@H](C)CCc1ccc(C(=O)N(C)C)cc1. The second-order valence-electron chi connectivity index (χ2n) is 7.89. The van der Waals surface area contributed by atoms with Gasteiger partial charge in [-0.15, -0.1) is 0 Å². The summed E-state index contributed by atoms with van der Waals surface area (Å²) in [5, 5.41) is 0. The maximum Gasteiger partial charge on any atom is 0.350 e. The van der Waals surface area contributed by atoms with Crippen LogP contribution in [0.15, 0.2) is 54.6 Å². The molecule has 1 aliphatic rings. The molecule has 0 spiro atoms. The van der Waals surface area contributed by atoms with Crippen molar-refractivity contribution in [2.75, 3.05) is 27.7 Å². The quantitative estimate of drug-likeness (QED) is 0.656. The van der Waals surface area contributed by atoms with Crippen LogP contribution in [0.4, 0.5) is 0 Å². The zero-order valence-electron chi connectivity index (χ0n) is 18.1. The van der Waals surface area contributed by atoms with E-state index in [1.165, 1.54) is 7.11 Å². The highest BCUT2D eigenvalue weighted by Gasteiger charge is 2.41. The molecule has 2 aromatic rings. The van der Waals surface area contributed by atoms with Crippen LogP contribution >= 0.6 is 0 Å². The fourth-order valence-corrected chi connectivity index (χ4v) is 3.73. The summed E-state index contributed by atoms with van der Waals surface area (Å²) in [5.74, 6) is -0.371. The van der Waals surface area contributed by atoms with Crippen LogP contribution in [-0.4, -0.2) is 61.7 Å². The lowest BCUT2D eigenvalue weighted by Gasteiger charge is -2.27. The molecule has 3 atom stereocenters. The zero-order valence-corrected chi connectivity index (χ0v) is 18.1. The average Bonchev–Trinajstić information content (AvgIpc) is 3.23. The van der Waals surface area contributed by atoms with Gasteiger partial charge in [0, 0.05) is 32.2 Å². The lowest BCUT2D eigenvalue weighted by atomic mass is 10.0. The fourth-order valence-electron chi connectivity index (χ4n) is 3.73. The molecule has 0 N–H and O–H groups in total. The summed E-state index contributed by atoms with van der Waals surface area (Å²) in [7, 11) is 4.88. The molecule has 0 saturated carbocycles. The highest BCUT2D eigenvalue weighted by Crippen LogP contribution is 2.31. The minimum atomic E-state index is -0.699. The molecule has 1 unspecified atom stereocenters. The van der Waals surface area contributed by atoms with Crippen LogP contribution in [0.3, 0.4) is 0 Å². The van der Waals surface area contributed by atoms with Gasteiger partial charge in [-0.1, -0.05) is 42.5 Å². The lowest BCUT2D eigenvalue weighted by Crippen LogP contribution is -2.43. The first-order valence-corrected chi connectivity index (χ1v) is 10.2. The lowest BCUT2D eigenvalue weighted by molar-refractivity contribution is -0.162. The molecule has 6 nitrogen and oxygen atoms in total. The Balaban J connectivity index is 1.64. The number of rotatable bonds is 7. The minimum Gasteiger partial charge on any atom is -0.466 e. The zero-order chi connectivity index (χ0) is 21.7. The minimum absolute atomic E-state index is 0.00277. The molecule has 3 rings (SSSR count). The first-order chi connectivity index (χ1) is 14.4. The number of nitrogens with zero attached hydrogens (tertiary/aromatic N) is 2. The number of carbonyl (C=O) groups excluding carboxylic acids is 2. The number of ether oxygens (including phenoxy) is 2. The second kappa shape index (κ2) is 9.87. The molecule has 160 valence electrons. The number of esters is 1. The number of hydrogen-bond acceptors (Lipinski definition) is 5. The van der Waals surface area contributed by atoms with E-state index in [1.54, 1.807) is 19.0 Å². The maximum absolute atomic E-state index is 12.3. The van der Waals surface area contributed by atoms with E-state index in [-0.39, 0.29) is 24.0 Å². The van der Waals surface area contributed by atoms with Crippen LogP contribution in [0.25, 0.3) is 0 Å². The maximum atomic E-state index is 12.3. The Morgan fingerprint density at radius 3 is 2.40 bits per heavy atom. The van der Waals surface area contributed by atoms with Gasteiger partial charge in [0.05, 0.1) is 13.2 Å². The standard InChI is InChI=1S/C24H30N2O4/c1-17(10-11-18-12-14-20(15-13-18)22(27)25(2)3)26-16-21(19-8-6-5-7-9-19)30-23(26)24(28)29-4/h5-9,12-15,17,21,23H,10-11,16H2,1-4H3/t17-,21?,23+/m0/s1. The average molecular weight is 411 g/mol. The van der Waals surface area contributed by atoms with E-state index in [9.17, 15) is 9.59 Å². The van der Waals surface area contributed by atoms with Crippen molar-refractivity contribution in [3.8, 4) is 0 Å². The van der Waals surface area contributed by atoms with Gasteiger partial charge in [0.1, 0.15) is 0 Å². The van der Waals surface area contributed by atoms with E-state index in [4.69, 9.17) is 9.47 Å². The molecule has 0 bridgehead atoms. The molecule has 30 heavy (non-hydrogen) atoms. The number of benzene rings is 2. The van der Waals surface area contributed by atoms with Gasteiger partial charge >= 0.3 is 5.97 Å². The Bertz CT molecular complexity index is 851. The molecule has 0 aromatic heterocycles. The number of methoxy groups -OCH3 is 1. The summed E-state index contributed by atoms with van der Waals surface area (Å²) in [4.78, 5) is 28.0. The van der Waals surface area contributed by atoms with E-state index < -0.39 is 6.23 Å². The Hall–Kier alpha value is -2.70. The van der Waals surface area contributed by atoms with Gasteiger partial charge in [-0.05, 0) is 43.0 Å². The van der Waals surface area contributed by atoms with Gasteiger partial charge in [0.15, 0.2) is 0 Å². The van der Waals surface area contributed by atoms with Gasteiger partial charge in [-0.25, -0.2) is 4.79 Å². The van der Waals surface area contributed by atoms with E-state index in [1.807, 2.05) is 54.6 Å². The number of amides is 1. The predicted molar refractivity (Wildman–Crippen MR) is 115 cm³/mol. The van der Waals surface area contributed by atoms with Crippen molar-refractivity contribution in [2.45, 2.75) is 38.1 Å². The smallest absolute Gasteiger partial charge is 0.350 e. The molecular weight excluding hydrogens is 380 g/mol. The molecule has 1 fully saturated rings. The van der Waals surface area contributed by atoms with Crippen LogP contribution in [0.1, 0.15) is 40.9 Å². The molecule has 1 amide bonds. The number of hydrogen-bond donors (Lipinski definition) is 0. The second-order valence-corrected chi connectivity index (χ2v) is 7.89. The largest absolute Gasteiger partial charge is 0.466 e. The third-order valence-corrected chi connectivity index (χ3v) is 5.57. The molecule has 0 aliphatic carbocycles. The van der Waals surface area contributed by atoms with Crippen molar-refractivity contribution in [1.29, 1.82) is 0 Å². The summed E-state index contributed by atoms with van der Waals surface area (Å²) in [6.45, 7) is 2.75. The normalized spacial score (nSPS) is 20.0. The summed E-state index contributed by atoms with van der Waals surface area (Å²) >= 11 is 0. The molecule has 1 saturated heterocycles. The van der Waals surface area contributed by atoms with Gasteiger partial charge in [0.2, 0.25) is 6.23 Å². The third kappa shape index (κ3) is 5.07. The Kier molecular flexibility index (Phi) is 7.24. The van der Waals surface area contributed by atoms with E-state index in [2.05, 4.69) is 11.8 Å². The highest BCUT2D eigenvalue weighted by atomic mass is 16.6. The molecule has 0 radical (unpaired) electrons. The van der Waals surface area contributed by atoms with Crippen LogP contribution < -0.4 is 0 Å². The number of aryl methyl sites for hydroxylation is 1. The fraction of sp³-hybridized carbons (Fsp3) is 0.417. The van der Waals surface area contributed by atoms with Gasteiger partial charge < -0.3 is 14.4 Å². The molecule has 6 heteroatoms. The van der Waals surface area contributed by atoms with E-state index in [0.29, 0.717) is 12.1 Å². The molecule has 1 heterocycles. The Morgan fingerprint density at radius 2 is 1.80 bits per heavy atom. The van der Waals surface area contributed by atoms with Crippen molar-refractivity contribution < 1.29 is 19.1 Å². The number of carbonyl (C=O) groups is 2. The van der Waals surface area contributed by atoms with Crippen molar-refractivity contribution in [1.82, 2.24) is 9.80 Å². The van der Waals surface area contributed by atoms with E-state index in [0.717, 1.165) is 24.0 Å². The highest BCUT2D eigenvalue weighted by molar-refractivity contribution is 5.93.